The van der Waals surface area contributed by atoms with E-state index >= 15 is 0 Å². The van der Waals surface area contributed by atoms with Crippen LogP contribution in [0.3, 0.4) is 0 Å². The number of carbonyl (C=O) groups is 1. The number of nitrogens with zero attached hydrogens (tertiary/aromatic N) is 3. The lowest BCUT2D eigenvalue weighted by atomic mass is 10.0. The third-order valence-corrected chi connectivity index (χ3v) is 7.22. The van der Waals surface area contributed by atoms with Gasteiger partial charge >= 0.3 is 0 Å². The third-order valence-electron chi connectivity index (χ3n) is 6.34. The van der Waals surface area contributed by atoms with Crippen molar-refractivity contribution < 1.29 is 4.79 Å². The van der Waals surface area contributed by atoms with Gasteiger partial charge in [0.25, 0.3) is 5.56 Å². The molecule has 0 unspecified atom stereocenters. The summed E-state index contributed by atoms with van der Waals surface area (Å²) >= 11 is 1.45. The molecule has 0 saturated carbocycles. The first-order valence-electron chi connectivity index (χ1n) is 11.0. The standard InChI is InChI=1S/C27H21N3O2S/c31-24(30-13-5-9-19-7-3-4-10-23(19)30)15-29-17-28-26-25(27(29)32)22(16-33-26)21-12-11-18-6-1-2-8-20(18)14-21/h1-4,6-8,10-12,14,16-17H,5,9,13,15H2. The normalized spacial score (nSPS) is 13.4. The summed E-state index contributed by atoms with van der Waals surface area (Å²) in [6.07, 6.45) is 3.39. The number of hydrogen-bond donors (Lipinski definition) is 0. The van der Waals surface area contributed by atoms with Crippen LogP contribution in [0.15, 0.2) is 83.2 Å². The van der Waals surface area contributed by atoms with Crippen LogP contribution in [0.4, 0.5) is 5.69 Å². The van der Waals surface area contributed by atoms with Gasteiger partial charge in [0.2, 0.25) is 5.91 Å². The summed E-state index contributed by atoms with van der Waals surface area (Å²) in [6, 6.07) is 22.4. The zero-order chi connectivity index (χ0) is 22.4. The van der Waals surface area contributed by atoms with Crippen molar-refractivity contribution in [3.63, 3.8) is 0 Å². The van der Waals surface area contributed by atoms with Crippen molar-refractivity contribution in [2.24, 2.45) is 0 Å². The second kappa shape index (κ2) is 7.98. The molecule has 33 heavy (non-hydrogen) atoms. The molecule has 5 nitrogen and oxygen atoms in total. The van der Waals surface area contributed by atoms with E-state index in [4.69, 9.17) is 0 Å². The summed E-state index contributed by atoms with van der Waals surface area (Å²) in [4.78, 5) is 33.7. The maximum Gasteiger partial charge on any atom is 0.263 e. The number of rotatable bonds is 3. The second-order valence-corrected chi connectivity index (χ2v) is 9.20. The van der Waals surface area contributed by atoms with Gasteiger partial charge in [0.15, 0.2) is 0 Å². The molecule has 6 rings (SSSR count). The number of aromatic nitrogens is 2. The SMILES string of the molecule is O=C(Cn1cnc2scc(-c3ccc4ccccc4c3)c2c1=O)N1CCCc2ccccc21. The topological polar surface area (TPSA) is 55.2 Å². The first kappa shape index (κ1) is 19.9. The predicted molar refractivity (Wildman–Crippen MR) is 134 cm³/mol. The van der Waals surface area contributed by atoms with Gasteiger partial charge in [-0.2, -0.15) is 0 Å². The lowest BCUT2D eigenvalue weighted by molar-refractivity contribution is -0.119. The molecule has 0 atom stereocenters. The third kappa shape index (κ3) is 3.43. The van der Waals surface area contributed by atoms with Crippen LogP contribution in [0, 0.1) is 0 Å². The molecule has 0 N–H and O–H groups in total. The predicted octanol–water partition coefficient (Wildman–Crippen LogP) is 5.26. The summed E-state index contributed by atoms with van der Waals surface area (Å²) in [5.74, 6) is -0.0899. The van der Waals surface area contributed by atoms with Crippen LogP contribution in [0.1, 0.15) is 12.0 Å². The van der Waals surface area contributed by atoms with Crippen LogP contribution in [0.2, 0.25) is 0 Å². The highest BCUT2D eigenvalue weighted by atomic mass is 32.1. The smallest absolute Gasteiger partial charge is 0.263 e. The number of anilines is 1. The largest absolute Gasteiger partial charge is 0.311 e. The summed E-state index contributed by atoms with van der Waals surface area (Å²) in [5.41, 5.74) is 3.79. The molecule has 1 aliphatic heterocycles. The molecule has 1 aliphatic rings. The highest BCUT2D eigenvalue weighted by molar-refractivity contribution is 7.17. The monoisotopic (exact) mass is 451 g/mol. The average molecular weight is 452 g/mol. The van der Waals surface area contributed by atoms with Crippen molar-refractivity contribution in [3.05, 3.63) is 94.4 Å². The molecule has 0 saturated heterocycles. The van der Waals surface area contributed by atoms with Crippen LogP contribution < -0.4 is 10.5 Å². The first-order chi connectivity index (χ1) is 16.2. The number of benzene rings is 3. The maximum absolute atomic E-state index is 13.5. The summed E-state index contributed by atoms with van der Waals surface area (Å²) in [7, 11) is 0. The Labute approximate surface area is 194 Å². The molecule has 5 aromatic rings. The first-order valence-corrected chi connectivity index (χ1v) is 11.9. The highest BCUT2D eigenvalue weighted by Crippen LogP contribution is 2.32. The van der Waals surface area contributed by atoms with Crippen molar-refractivity contribution in [1.29, 1.82) is 0 Å². The number of aryl methyl sites for hydroxylation is 1. The summed E-state index contributed by atoms with van der Waals surface area (Å²) in [6.45, 7) is 0.643. The highest BCUT2D eigenvalue weighted by Gasteiger charge is 2.23. The molecule has 0 aliphatic carbocycles. The number of thiophene rings is 1. The van der Waals surface area contributed by atoms with Crippen LogP contribution in [0.5, 0.6) is 0 Å². The van der Waals surface area contributed by atoms with Crippen LogP contribution in [-0.2, 0) is 17.8 Å². The van der Waals surface area contributed by atoms with E-state index in [1.807, 2.05) is 41.8 Å². The van der Waals surface area contributed by atoms with Crippen LogP contribution >= 0.6 is 11.3 Å². The van der Waals surface area contributed by atoms with Gasteiger partial charge in [0.05, 0.1) is 11.7 Å². The number of carbonyl (C=O) groups excluding carboxylic acids is 1. The Hall–Kier alpha value is -3.77. The summed E-state index contributed by atoms with van der Waals surface area (Å²) < 4.78 is 1.44. The van der Waals surface area contributed by atoms with Crippen molar-refractivity contribution >= 4 is 43.9 Å². The van der Waals surface area contributed by atoms with E-state index in [1.54, 1.807) is 4.90 Å². The Morgan fingerprint density at radius 2 is 1.82 bits per heavy atom. The van der Waals surface area contributed by atoms with E-state index < -0.39 is 0 Å². The lowest BCUT2D eigenvalue weighted by Crippen LogP contribution is -2.39. The number of para-hydroxylation sites is 1. The second-order valence-electron chi connectivity index (χ2n) is 8.35. The van der Waals surface area contributed by atoms with Crippen molar-refractivity contribution in [2.45, 2.75) is 19.4 Å². The van der Waals surface area contributed by atoms with Crippen molar-refractivity contribution in [1.82, 2.24) is 9.55 Å². The van der Waals surface area contributed by atoms with Crippen LogP contribution in [-0.4, -0.2) is 22.0 Å². The molecule has 2 aromatic heterocycles. The minimum Gasteiger partial charge on any atom is -0.311 e. The zero-order valence-electron chi connectivity index (χ0n) is 17.9. The Bertz CT molecular complexity index is 1580. The maximum atomic E-state index is 13.5. The Morgan fingerprint density at radius 1 is 1.00 bits per heavy atom. The number of hydrogen-bond acceptors (Lipinski definition) is 4. The van der Waals surface area contributed by atoms with E-state index in [9.17, 15) is 9.59 Å². The number of amides is 1. The van der Waals surface area contributed by atoms with Crippen molar-refractivity contribution in [3.8, 4) is 11.1 Å². The molecule has 0 spiro atoms. The summed E-state index contributed by atoms with van der Waals surface area (Å²) in [5, 5.41) is 4.84. The van der Waals surface area contributed by atoms with Gasteiger partial charge in [0.1, 0.15) is 11.4 Å². The van der Waals surface area contributed by atoms with Crippen molar-refractivity contribution in [2.75, 3.05) is 11.4 Å². The fraction of sp³-hybridized carbons (Fsp3) is 0.148. The van der Waals surface area contributed by atoms with Crippen LogP contribution in [0.25, 0.3) is 32.1 Å². The molecular weight excluding hydrogens is 430 g/mol. The van der Waals surface area contributed by atoms with Gasteiger partial charge in [0, 0.05) is 23.2 Å². The number of fused-ring (bicyclic) bond motifs is 3. The minimum absolute atomic E-state index is 0.0247. The zero-order valence-corrected chi connectivity index (χ0v) is 18.7. The molecule has 3 heterocycles. The van der Waals surface area contributed by atoms with Gasteiger partial charge in [-0.05, 0) is 46.9 Å². The Morgan fingerprint density at radius 3 is 2.73 bits per heavy atom. The van der Waals surface area contributed by atoms with Gasteiger partial charge < -0.3 is 4.90 Å². The van der Waals surface area contributed by atoms with Gasteiger partial charge in [-0.25, -0.2) is 4.98 Å². The van der Waals surface area contributed by atoms with E-state index in [0.29, 0.717) is 16.8 Å². The Balaban J connectivity index is 1.38. The quantitative estimate of drug-likeness (QED) is 0.376. The van der Waals surface area contributed by atoms with E-state index in [-0.39, 0.29) is 18.0 Å². The fourth-order valence-electron chi connectivity index (χ4n) is 4.67. The average Bonchev–Trinajstić information content (AvgIpc) is 3.30. The van der Waals surface area contributed by atoms with Gasteiger partial charge in [-0.15, -0.1) is 11.3 Å². The molecule has 6 heteroatoms. The fourth-order valence-corrected chi connectivity index (χ4v) is 5.58. The molecular formula is C27H21N3O2S. The lowest BCUT2D eigenvalue weighted by Gasteiger charge is -2.29. The molecule has 3 aromatic carbocycles. The van der Waals surface area contributed by atoms with E-state index in [1.165, 1.54) is 27.8 Å². The molecule has 0 radical (unpaired) electrons. The molecule has 162 valence electrons. The van der Waals surface area contributed by atoms with E-state index in [2.05, 4.69) is 35.3 Å². The molecule has 1 amide bonds. The van der Waals surface area contributed by atoms with Gasteiger partial charge in [-0.3, -0.25) is 14.2 Å². The molecule has 0 fully saturated rings. The minimum atomic E-state index is -0.178. The molecule has 0 bridgehead atoms. The van der Waals surface area contributed by atoms with Gasteiger partial charge in [-0.1, -0.05) is 54.6 Å². The van der Waals surface area contributed by atoms with E-state index in [0.717, 1.165) is 40.4 Å². The Kier molecular flexibility index (Phi) is 4.80.